The van der Waals surface area contributed by atoms with Gasteiger partial charge in [0.05, 0.1) is 5.69 Å². The molecule has 19 heavy (non-hydrogen) atoms. The van der Waals surface area contributed by atoms with E-state index in [0.29, 0.717) is 11.3 Å². The highest BCUT2D eigenvalue weighted by molar-refractivity contribution is 5.94. The van der Waals surface area contributed by atoms with Gasteiger partial charge in [-0.05, 0) is 24.3 Å². The molecule has 0 aromatic heterocycles. The molecule has 2 aromatic rings. The van der Waals surface area contributed by atoms with Crippen LogP contribution < -0.4 is 10.6 Å². The van der Waals surface area contributed by atoms with Gasteiger partial charge in [0.2, 0.25) is 0 Å². The Hall–Kier alpha value is -2.43. The van der Waals surface area contributed by atoms with E-state index in [-0.39, 0.29) is 5.69 Å². The minimum Gasteiger partial charge on any atom is -0.388 e. The fraction of sp³-hybridized carbons (Fsp3) is 0.0714. The lowest BCUT2D eigenvalue weighted by molar-refractivity contribution is 0.586. The largest absolute Gasteiger partial charge is 0.388 e. The summed E-state index contributed by atoms with van der Waals surface area (Å²) in [5, 5.41) is 13.2. The molecule has 0 unspecified atom stereocenters. The number of nitrogens with one attached hydrogen (secondary N) is 3. The summed E-state index contributed by atoms with van der Waals surface area (Å²) in [7, 11) is 1.74. The van der Waals surface area contributed by atoms with Crippen molar-refractivity contribution in [1.29, 1.82) is 5.41 Å². The average molecular weight is 261 g/mol. The Balaban J connectivity index is 2.40. The Morgan fingerprint density at radius 3 is 2.42 bits per heavy atom. The first kappa shape index (κ1) is 13.0. The van der Waals surface area contributed by atoms with E-state index in [9.17, 15) is 8.78 Å². The molecule has 2 rings (SSSR count). The second-order valence-corrected chi connectivity index (χ2v) is 3.91. The molecule has 0 saturated carbocycles. The third-order valence-electron chi connectivity index (χ3n) is 2.72. The van der Waals surface area contributed by atoms with Gasteiger partial charge in [0.25, 0.3) is 0 Å². The number of benzene rings is 2. The number of rotatable bonds is 4. The molecular weight excluding hydrogens is 248 g/mol. The molecule has 0 radical (unpaired) electrons. The second kappa shape index (κ2) is 5.48. The summed E-state index contributed by atoms with van der Waals surface area (Å²) in [5.74, 6) is -1.30. The van der Waals surface area contributed by atoms with E-state index in [1.165, 1.54) is 18.3 Å². The van der Waals surface area contributed by atoms with Crippen LogP contribution in [0.5, 0.6) is 0 Å². The third kappa shape index (κ3) is 2.70. The van der Waals surface area contributed by atoms with Crippen molar-refractivity contribution in [3.05, 3.63) is 53.6 Å². The van der Waals surface area contributed by atoms with E-state index < -0.39 is 11.6 Å². The van der Waals surface area contributed by atoms with Crippen molar-refractivity contribution in [2.75, 3.05) is 17.7 Å². The molecule has 2 aromatic carbocycles. The molecular formula is C14H13F2N3. The molecule has 0 fully saturated rings. The molecule has 0 saturated heterocycles. The lowest BCUT2D eigenvalue weighted by Gasteiger charge is -2.13. The number of halogens is 2. The molecule has 98 valence electrons. The quantitative estimate of drug-likeness (QED) is 0.734. The fourth-order valence-corrected chi connectivity index (χ4v) is 1.78. The molecule has 3 nitrogen and oxygen atoms in total. The molecule has 0 aliphatic carbocycles. The molecule has 0 bridgehead atoms. The first-order chi connectivity index (χ1) is 9.15. The first-order valence-electron chi connectivity index (χ1n) is 5.69. The maximum atomic E-state index is 13.6. The monoisotopic (exact) mass is 261 g/mol. The van der Waals surface area contributed by atoms with Crippen LogP contribution in [-0.4, -0.2) is 13.3 Å². The summed E-state index contributed by atoms with van der Waals surface area (Å²) in [5.41, 5.74) is 2.10. The van der Waals surface area contributed by atoms with Gasteiger partial charge in [0.15, 0.2) is 0 Å². The highest BCUT2D eigenvalue weighted by atomic mass is 19.1. The Morgan fingerprint density at radius 2 is 1.79 bits per heavy atom. The van der Waals surface area contributed by atoms with Crippen LogP contribution in [0.2, 0.25) is 0 Å². The number of anilines is 3. The van der Waals surface area contributed by atoms with Crippen molar-refractivity contribution in [1.82, 2.24) is 0 Å². The summed E-state index contributed by atoms with van der Waals surface area (Å²) in [4.78, 5) is 0. The van der Waals surface area contributed by atoms with Crippen LogP contribution >= 0.6 is 0 Å². The summed E-state index contributed by atoms with van der Waals surface area (Å²) in [6.07, 6.45) is 1.18. The molecule has 0 heterocycles. The van der Waals surface area contributed by atoms with Gasteiger partial charge in [-0.1, -0.05) is 6.07 Å². The molecule has 0 aliphatic rings. The Bertz CT molecular complexity index is 612. The van der Waals surface area contributed by atoms with Crippen molar-refractivity contribution in [2.45, 2.75) is 0 Å². The van der Waals surface area contributed by atoms with Gasteiger partial charge in [-0.15, -0.1) is 0 Å². The zero-order valence-corrected chi connectivity index (χ0v) is 10.3. The van der Waals surface area contributed by atoms with E-state index >= 15 is 0 Å². The summed E-state index contributed by atoms with van der Waals surface area (Å²) in [6, 6.07) is 8.63. The predicted octanol–water partition coefficient (Wildman–Crippen LogP) is 3.75. The van der Waals surface area contributed by atoms with Crippen LogP contribution in [-0.2, 0) is 0 Å². The van der Waals surface area contributed by atoms with E-state index in [4.69, 9.17) is 5.41 Å². The first-order valence-corrected chi connectivity index (χ1v) is 5.69. The van der Waals surface area contributed by atoms with Crippen molar-refractivity contribution in [3.63, 3.8) is 0 Å². The normalized spacial score (nSPS) is 10.1. The third-order valence-corrected chi connectivity index (χ3v) is 2.72. The van der Waals surface area contributed by atoms with E-state index in [1.807, 2.05) is 6.07 Å². The van der Waals surface area contributed by atoms with Crippen LogP contribution in [0.1, 0.15) is 5.56 Å². The molecule has 0 spiro atoms. The predicted molar refractivity (Wildman–Crippen MR) is 73.5 cm³/mol. The highest BCUT2D eigenvalue weighted by Gasteiger charge is 2.08. The van der Waals surface area contributed by atoms with Crippen LogP contribution in [0, 0.1) is 17.0 Å². The van der Waals surface area contributed by atoms with Gasteiger partial charge in [-0.3, -0.25) is 0 Å². The van der Waals surface area contributed by atoms with Crippen molar-refractivity contribution in [3.8, 4) is 0 Å². The van der Waals surface area contributed by atoms with Gasteiger partial charge in [0, 0.05) is 36.3 Å². The van der Waals surface area contributed by atoms with Gasteiger partial charge < -0.3 is 16.0 Å². The Kier molecular flexibility index (Phi) is 3.75. The standard InChI is InChI=1S/C14H13F2N3/c1-18-12-3-2-4-13(10(12)8-17)19-14-6-5-9(15)7-11(14)16/h2-8,17-19H,1H3. The maximum absolute atomic E-state index is 13.6. The molecule has 0 aliphatic heterocycles. The summed E-state index contributed by atoms with van der Waals surface area (Å²) in [6.45, 7) is 0. The minimum atomic E-state index is -0.675. The van der Waals surface area contributed by atoms with E-state index in [1.54, 1.807) is 19.2 Å². The minimum absolute atomic E-state index is 0.165. The smallest absolute Gasteiger partial charge is 0.149 e. The lowest BCUT2D eigenvalue weighted by atomic mass is 10.1. The van der Waals surface area contributed by atoms with Crippen LogP contribution in [0.3, 0.4) is 0 Å². The van der Waals surface area contributed by atoms with Gasteiger partial charge in [0.1, 0.15) is 11.6 Å². The number of hydrogen-bond acceptors (Lipinski definition) is 3. The fourth-order valence-electron chi connectivity index (χ4n) is 1.78. The molecule has 0 amide bonds. The zero-order chi connectivity index (χ0) is 13.8. The van der Waals surface area contributed by atoms with Crippen molar-refractivity contribution < 1.29 is 8.78 Å². The van der Waals surface area contributed by atoms with E-state index in [2.05, 4.69) is 10.6 Å². The zero-order valence-electron chi connectivity index (χ0n) is 10.3. The Labute approximate surface area is 109 Å². The lowest BCUT2D eigenvalue weighted by Crippen LogP contribution is -2.01. The molecule has 3 N–H and O–H groups in total. The van der Waals surface area contributed by atoms with Crippen molar-refractivity contribution >= 4 is 23.3 Å². The van der Waals surface area contributed by atoms with Gasteiger partial charge >= 0.3 is 0 Å². The van der Waals surface area contributed by atoms with Gasteiger partial charge in [-0.25, -0.2) is 8.78 Å². The molecule has 0 atom stereocenters. The van der Waals surface area contributed by atoms with Crippen molar-refractivity contribution in [2.24, 2.45) is 0 Å². The maximum Gasteiger partial charge on any atom is 0.149 e. The van der Waals surface area contributed by atoms with Crippen LogP contribution in [0.4, 0.5) is 25.8 Å². The number of hydrogen-bond donors (Lipinski definition) is 3. The average Bonchev–Trinajstić information content (AvgIpc) is 2.41. The van der Waals surface area contributed by atoms with Crippen LogP contribution in [0.25, 0.3) is 0 Å². The topological polar surface area (TPSA) is 47.9 Å². The van der Waals surface area contributed by atoms with E-state index in [0.717, 1.165) is 11.8 Å². The summed E-state index contributed by atoms with van der Waals surface area (Å²) >= 11 is 0. The summed E-state index contributed by atoms with van der Waals surface area (Å²) < 4.78 is 26.4. The highest BCUT2D eigenvalue weighted by Crippen LogP contribution is 2.27. The second-order valence-electron chi connectivity index (χ2n) is 3.91. The van der Waals surface area contributed by atoms with Crippen LogP contribution in [0.15, 0.2) is 36.4 Å². The SMILES string of the molecule is CNc1cccc(Nc2ccc(F)cc2F)c1C=N. The Morgan fingerprint density at radius 1 is 1.05 bits per heavy atom. The molecule has 5 heteroatoms. The van der Waals surface area contributed by atoms with Gasteiger partial charge in [-0.2, -0.15) is 0 Å².